The number of nitrogens with zero attached hydrogens (tertiary/aromatic N) is 1. The number of methoxy groups -OCH3 is 2. The summed E-state index contributed by atoms with van der Waals surface area (Å²) in [5, 5.41) is 6.36. The van der Waals surface area contributed by atoms with Crippen LogP contribution in [0.25, 0.3) is 0 Å². The van der Waals surface area contributed by atoms with Crippen molar-refractivity contribution >= 4 is 5.96 Å². The molecule has 0 saturated carbocycles. The van der Waals surface area contributed by atoms with Gasteiger partial charge in [0, 0.05) is 20.1 Å². The van der Waals surface area contributed by atoms with E-state index in [4.69, 9.17) is 9.47 Å². The van der Waals surface area contributed by atoms with Gasteiger partial charge in [-0.2, -0.15) is 0 Å². The Bertz CT molecular complexity index is 458. The zero-order chi connectivity index (χ0) is 14.8. The van der Waals surface area contributed by atoms with E-state index in [0.29, 0.717) is 6.54 Å². The Hall–Kier alpha value is -2.17. The van der Waals surface area contributed by atoms with E-state index in [1.165, 1.54) is 5.56 Å². The number of nitrogens with one attached hydrogen (secondary N) is 2. The third-order valence-corrected chi connectivity index (χ3v) is 2.79. The Morgan fingerprint density at radius 3 is 2.60 bits per heavy atom. The van der Waals surface area contributed by atoms with Crippen LogP contribution in [0.3, 0.4) is 0 Å². The molecule has 0 amide bonds. The molecule has 0 aromatic heterocycles. The van der Waals surface area contributed by atoms with Crippen LogP contribution in [-0.4, -0.2) is 40.3 Å². The quantitative estimate of drug-likeness (QED) is 0.451. The molecule has 1 aromatic carbocycles. The van der Waals surface area contributed by atoms with Crippen molar-refractivity contribution in [2.24, 2.45) is 4.99 Å². The molecule has 0 atom stereocenters. The second kappa shape index (κ2) is 8.85. The van der Waals surface area contributed by atoms with Crippen LogP contribution in [0.15, 0.2) is 35.8 Å². The van der Waals surface area contributed by atoms with Crippen molar-refractivity contribution in [1.29, 1.82) is 0 Å². The molecule has 0 spiro atoms. The summed E-state index contributed by atoms with van der Waals surface area (Å²) in [6.45, 7) is 5.13. The Balaban J connectivity index is 2.51. The molecular weight excluding hydrogens is 254 g/mol. The van der Waals surface area contributed by atoms with Gasteiger partial charge in [0.15, 0.2) is 17.5 Å². The third kappa shape index (κ3) is 4.84. The van der Waals surface area contributed by atoms with Gasteiger partial charge in [0.05, 0.1) is 14.2 Å². The lowest BCUT2D eigenvalue weighted by atomic mass is 10.1. The standard InChI is InChI=1S/C15H23N3O2/c1-5-9-17-15(16-2)18-10-8-12-6-7-13(19-3)14(11-12)20-4/h5-7,11H,1,8-10H2,2-4H3,(H2,16,17,18). The summed E-state index contributed by atoms with van der Waals surface area (Å²) in [7, 11) is 5.02. The summed E-state index contributed by atoms with van der Waals surface area (Å²) < 4.78 is 10.5. The van der Waals surface area contributed by atoms with Gasteiger partial charge in [0.2, 0.25) is 0 Å². The molecule has 0 aliphatic heterocycles. The average Bonchev–Trinajstić information content (AvgIpc) is 2.50. The second-order valence-corrected chi connectivity index (χ2v) is 4.11. The first-order valence-corrected chi connectivity index (χ1v) is 6.51. The van der Waals surface area contributed by atoms with Crippen LogP contribution in [-0.2, 0) is 6.42 Å². The molecule has 0 aliphatic carbocycles. The zero-order valence-corrected chi connectivity index (χ0v) is 12.4. The summed E-state index contributed by atoms with van der Waals surface area (Å²) in [6.07, 6.45) is 2.66. The topological polar surface area (TPSA) is 54.9 Å². The second-order valence-electron chi connectivity index (χ2n) is 4.11. The summed E-state index contributed by atoms with van der Waals surface area (Å²) >= 11 is 0. The lowest BCUT2D eigenvalue weighted by molar-refractivity contribution is 0.354. The van der Waals surface area contributed by atoms with Gasteiger partial charge >= 0.3 is 0 Å². The summed E-state index contributed by atoms with van der Waals surface area (Å²) in [6, 6.07) is 5.93. The van der Waals surface area contributed by atoms with Crippen molar-refractivity contribution in [3.05, 3.63) is 36.4 Å². The van der Waals surface area contributed by atoms with Crippen molar-refractivity contribution < 1.29 is 9.47 Å². The monoisotopic (exact) mass is 277 g/mol. The first kappa shape index (κ1) is 15.9. The van der Waals surface area contributed by atoms with Gasteiger partial charge in [-0.05, 0) is 24.1 Å². The highest BCUT2D eigenvalue weighted by Gasteiger charge is 2.04. The number of ether oxygens (including phenoxy) is 2. The lowest BCUT2D eigenvalue weighted by Gasteiger charge is -2.12. The summed E-state index contributed by atoms with van der Waals surface area (Å²) in [5.74, 6) is 2.26. The molecule has 0 fully saturated rings. The smallest absolute Gasteiger partial charge is 0.191 e. The molecule has 0 heterocycles. The third-order valence-electron chi connectivity index (χ3n) is 2.79. The molecular formula is C15H23N3O2. The van der Waals surface area contributed by atoms with E-state index < -0.39 is 0 Å². The molecule has 1 rings (SSSR count). The minimum Gasteiger partial charge on any atom is -0.493 e. The molecule has 5 nitrogen and oxygen atoms in total. The predicted molar refractivity (Wildman–Crippen MR) is 82.8 cm³/mol. The van der Waals surface area contributed by atoms with Gasteiger partial charge in [-0.3, -0.25) is 4.99 Å². The van der Waals surface area contributed by atoms with Gasteiger partial charge in [-0.25, -0.2) is 0 Å². The van der Waals surface area contributed by atoms with Crippen molar-refractivity contribution in [3.8, 4) is 11.5 Å². The van der Waals surface area contributed by atoms with E-state index >= 15 is 0 Å². The van der Waals surface area contributed by atoms with Crippen LogP contribution in [0.4, 0.5) is 0 Å². The van der Waals surface area contributed by atoms with Crippen molar-refractivity contribution in [2.75, 3.05) is 34.4 Å². The number of guanidine groups is 1. The highest BCUT2D eigenvalue weighted by Crippen LogP contribution is 2.27. The molecule has 0 aliphatic rings. The van der Waals surface area contributed by atoms with Gasteiger partial charge in [0.1, 0.15) is 0 Å². The van der Waals surface area contributed by atoms with Crippen LogP contribution in [0.1, 0.15) is 5.56 Å². The van der Waals surface area contributed by atoms with E-state index in [9.17, 15) is 0 Å². The van der Waals surface area contributed by atoms with Gasteiger partial charge in [0.25, 0.3) is 0 Å². The molecule has 5 heteroatoms. The number of hydrogen-bond acceptors (Lipinski definition) is 3. The summed E-state index contributed by atoms with van der Waals surface area (Å²) in [4.78, 5) is 4.12. The average molecular weight is 277 g/mol. The molecule has 20 heavy (non-hydrogen) atoms. The SMILES string of the molecule is C=CCNC(=NC)NCCc1ccc(OC)c(OC)c1. The fourth-order valence-corrected chi connectivity index (χ4v) is 1.75. The van der Waals surface area contributed by atoms with Crippen LogP contribution in [0, 0.1) is 0 Å². The summed E-state index contributed by atoms with van der Waals surface area (Å²) in [5.41, 5.74) is 1.18. The number of rotatable bonds is 7. The normalized spacial score (nSPS) is 10.8. The van der Waals surface area contributed by atoms with E-state index in [-0.39, 0.29) is 0 Å². The number of benzene rings is 1. The van der Waals surface area contributed by atoms with Crippen molar-refractivity contribution in [3.63, 3.8) is 0 Å². The van der Waals surface area contributed by atoms with Crippen LogP contribution in [0.2, 0.25) is 0 Å². The highest BCUT2D eigenvalue weighted by molar-refractivity contribution is 5.79. The minimum atomic E-state index is 0.691. The molecule has 0 unspecified atom stereocenters. The maximum atomic E-state index is 5.29. The number of hydrogen-bond donors (Lipinski definition) is 2. The molecule has 2 N–H and O–H groups in total. The lowest BCUT2D eigenvalue weighted by Crippen LogP contribution is -2.38. The maximum Gasteiger partial charge on any atom is 0.191 e. The van der Waals surface area contributed by atoms with Gasteiger partial charge < -0.3 is 20.1 Å². The minimum absolute atomic E-state index is 0.691. The molecule has 0 radical (unpaired) electrons. The Labute approximate surface area is 120 Å². The van der Waals surface area contributed by atoms with Crippen LogP contribution >= 0.6 is 0 Å². The Morgan fingerprint density at radius 2 is 2.00 bits per heavy atom. The predicted octanol–water partition coefficient (Wildman–Crippen LogP) is 1.60. The Morgan fingerprint density at radius 1 is 1.25 bits per heavy atom. The molecule has 0 saturated heterocycles. The maximum absolute atomic E-state index is 5.29. The van der Waals surface area contributed by atoms with E-state index in [2.05, 4.69) is 22.2 Å². The molecule has 110 valence electrons. The van der Waals surface area contributed by atoms with Crippen LogP contribution < -0.4 is 20.1 Å². The Kier molecular flexibility index (Phi) is 7.03. The van der Waals surface area contributed by atoms with Crippen molar-refractivity contribution in [1.82, 2.24) is 10.6 Å². The first-order chi connectivity index (χ1) is 9.74. The van der Waals surface area contributed by atoms with Gasteiger partial charge in [-0.15, -0.1) is 6.58 Å². The van der Waals surface area contributed by atoms with E-state index in [1.54, 1.807) is 27.3 Å². The van der Waals surface area contributed by atoms with E-state index in [0.717, 1.165) is 30.4 Å². The fraction of sp³-hybridized carbons (Fsp3) is 0.400. The highest BCUT2D eigenvalue weighted by atomic mass is 16.5. The van der Waals surface area contributed by atoms with Gasteiger partial charge in [-0.1, -0.05) is 12.1 Å². The molecule has 1 aromatic rings. The number of aliphatic imine (C=N–C) groups is 1. The first-order valence-electron chi connectivity index (χ1n) is 6.51. The van der Waals surface area contributed by atoms with Crippen molar-refractivity contribution in [2.45, 2.75) is 6.42 Å². The van der Waals surface area contributed by atoms with E-state index in [1.807, 2.05) is 18.2 Å². The zero-order valence-electron chi connectivity index (χ0n) is 12.4. The van der Waals surface area contributed by atoms with Crippen LogP contribution in [0.5, 0.6) is 11.5 Å². The fourth-order valence-electron chi connectivity index (χ4n) is 1.75. The largest absolute Gasteiger partial charge is 0.493 e. The molecule has 0 bridgehead atoms.